The van der Waals surface area contributed by atoms with Crippen LogP contribution >= 0.6 is 0 Å². The van der Waals surface area contributed by atoms with Crippen molar-refractivity contribution < 1.29 is 0 Å². The molecule has 0 spiro atoms. The number of rotatable bonds is 4. The van der Waals surface area contributed by atoms with Crippen LogP contribution in [-0.4, -0.2) is 9.13 Å². The molecular formula is C45H27N5. The van der Waals surface area contributed by atoms with Gasteiger partial charge in [-0.3, -0.25) is 0 Å². The van der Waals surface area contributed by atoms with Gasteiger partial charge >= 0.3 is 0 Å². The van der Waals surface area contributed by atoms with Crippen LogP contribution in [0.5, 0.6) is 0 Å². The Kier molecular flexibility index (Phi) is 6.70. The van der Waals surface area contributed by atoms with Gasteiger partial charge in [0.25, 0.3) is 0 Å². The van der Waals surface area contributed by atoms with Crippen LogP contribution in [0.2, 0.25) is 0 Å². The molecular weight excluding hydrogens is 611 g/mol. The molecule has 0 atom stereocenters. The lowest BCUT2D eigenvalue weighted by Gasteiger charge is -2.19. The fourth-order valence-electron chi connectivity index (χ4n) is 7.78. The van der Waals surface area contributed by atoms with Crippen LogP contribution in [0.4, 0.5) is 0 Å². The summed E-state index contributed by atoms with van der Waals surface area (Å²) in [5.74, 6) is 0. The maximum atomic E-state index is 10.1. The van der Waals surface area contributed by atoms with Crippen molar-refractivity contribution >= 4 is 38.3 Å². The second-order valence-electron chi connectivity index (χ2n) is 12.6. The summed E-state index contributed by atoms with van der Waals surface area (Å²) in [5.41, 5.74) is 13.0. The molecule has 8 aromatic rings. The molecule has 0 N–H and O–H groups in total. The normalized spacial score (nSPS) is 12.3. The highest BCUT2D eigenvalue weighted by Crippen LogP contribution is 2.42. The molecule has 5 heteroatoms. The Bertz CT molecular complexity index is 2810. The molecule has 232 valence electrons. The molecule has 2 heterocycles. The summed E-state index contributed by atoms with van der Waals surface area (Å²) in [6.45, 7) is 0. The van der Waals surface area contributed by atoms with Gasteiger partial charge in [-0.25, -0.2) is 0 Å². The lowest BCUT2D eigenvalue weighted by molar-refractivity contribution is 0.885. The molecule has 50 heavy (non-hydrogen) atoms. The molecule has 1 aliphatic carbocycles. The minimum atomic E-state index is 0.571. The molecule has 0 radical (unpaired) electrons. The Labute approximate surface area is 289 Å². The molecule has 0 saturated heterocycles. The van der Waals surface area contributed by atoms with Gasteiger partial charge in [-0.05, 0) is 90.2 Å². The first-order valence-electron chi connectivity index (χ1n) is 16.6. The second-order valence-corrected chi connectivity index (χ2v) is 12.6. The molecule has 0 unspecified atom stereocenters. The van der Waals surface area contributed by atoms with E-state index in [-0.39, 0.29) is 0 Å². The average Bonchev–Trinajstić information content (AvgIpc) is 3.70. The van der Waals surface area contributed by atoms with Gasteiger partial charge in [-0.15, -0.1) is 0 Å². The van der Waals surface area contributed by atoms with Gasteiger partial charge in [0.15, 0.2) is 0 Å². The van der Waals surface area contributed by atoms with E-state index >= 15 is 0 Å². The van der Waals surface area contributed by atoms with Gasteiger partial charge in [0.2, 0.25) is 0 Å². The summed E-state index contributed by atoms with van der Waals surface area (Å²) in [6.07, 6.45) is 3.57. The molecule has 0 fully saturated rings. The van der Waals surface area contributed by atoms with Crippen molar-refractivity contribution in [3.05, 3.63) is 162 Å². The summed E-state index contributed by atoms with van der Waals surface area (Å²) in [6, 6.07) is 52.6. The van der Waals surface area contributed by atoms with Crippen molar-refractivity contribution in [2.45, 2.75) is 12.8 Å². The second kappa shape index (κ2) is 11.5. The molecule has 2 aromatic heterocycles. The number of benzene rings is 6. The number of allylic oxidation sites excluding steroid dienone is 2. The van der Waals surface area contributed by atoms with E-state index in [1.54, 1.807) is 0 Å². The van der Waals surface area contributed by atoms with E-state index < -0.39 is 0 Å². The zero-order chi connectivity index (χ0) is 33.8. The van der Waals surface area contributed by atoms with Crippen LogP contribution in [0.15, 0.2) is 140 Å². The van der Waals surface area contributed by atoms with Crippen molar-refractivity contribution in [2.24, 2.45) is 0 Å². The van der Waals surface area contributed by atoms with E-state index in [9.17, 15) is 15.8 Å². The number of nitriles is 3. The van der Waals surface area contributed by atoms with Crippen LogP contribution in [-0.2, 0) is 6.42 Å². The van der Waals surface area contributed by atoms with E-state index in [0.29, 0.717) is 16.7 Å². The van der Waals surface area contributed by atoms with Gasteiger partial charge in [0.1, 0.15) is 0 Å². The van der Waals surface area contributed by atoms with E-state index in [0.717, 1.165) is 79.7 Å². The number of hydrogen-bond donors (Lipinski definition) is 0. The van der Waals surface area contributed by atoms with Crippen LogP contribution in [0.3, 0.4) is 0 Å². The monoisotopic (exact) mass is 637 g/mol. The Morgan fingerprint density at radius 2 is 1.16 bits per heavy atom. The van der Waals surface area contributed by atoms with Crippen molar-refractivity contribution in [3.8, 4) is 51.8 Å². The predicted octanol–water partition coefficient (Wildman–Crippen LogP) is 10.7. The summed E-state index contributed by atoms with van der Waals surface area (Å²) in [5, 5.41) is 33.1. The number of nitrogens with zero attached hydrogens (tertiary/aromatic N) is 5. The Balaban J connectivity index is 1.27. The topological polar surface area (TPSA) is 81.2 Å². The van der Waals surface area contributed by atoms with Crippen LogP contribution in [0.1, 0.15) is 28.8 Å². The van der Waals surface area contributed by atoms with Crippen LogP contribution < -0.4 is 0 Å². The molecule has 5 nitrogen and oxygen atoms in total. The number of para-hydroxylation sites is 2. The molecule has 0 bridgehead atoms. The zero-order valence-electron chi connectivity index (χ0n) is 26.9. The van der Waals surface area contributed by atoms with E-state index in [1.165, 1.54) is 10.8 Å². The van der Waals surface area contributed by atoms with Crippen molar-refractivity contribution in [2.75, 3.05) is 0 Å². The third-order valence-electron chi connectivity index (χ3n) is 9.89. The number of hydrogen-bond acceptors (Lipinski definition) is 3. The Morgan fingerprint density at radius 1 is 0.500 bits per heavy atom. The zero-order valence-corrected chi connectivity index (χ0v) is 26.9. The van der Waals surface area contributed by atoms with Crippen molar-refractivity contribution in [1.29, 1.82) is 15.8 Å². The minimum Gasteiger partial charge on any atom is -0.313 e. The molecule has 6 aromatic carbocycles. The van der Waals surface area contributed by atoms with Crippen molar-refractivity contribution in [1.82, 2.24) is 9.13 Å². The summed E-state index contributed by atoms with van der Waals surface area (Å²) < 4.78 is 4.56. The largest absolute Gasteiger partial charge is 0.313 e. The van der Waals surface area contributed by atoms with Gasteiger partial charge in [-0.2, -0.15) is 15.8 Å². The van der Waals surface area contributed by atoms with Gasteiger partial charge in [-0.1, -0.05) is 78.9 Å². The Hall–Kier alpha value is -7.13. The van der Waals surface area contributed by atoms with Gasteiger partial charge in [0, 0.05) is 38.7 Å². The number of aromatic nitrogens is 2. The highest BCUT2D eigenvalue weighted by atomic mass is 15.0. The van der Waals surface area contributed by atoms with Crippen LogP contribution in [0.25, 0.3) is 71.9 Å². The first kappa shape index (κ1) is 29.0. The van der Waals surface area contributed by atoms with E-state index in [2.05, 4.69) is 130 Å². The van der Waals surface area contributed by atoms with Gasteiger partial charge in [0.05, 0.1) is 57.1 Å². The third-order valence-corrected chi connectivity index (χ3v) is 9.89. The first-order chi connectivity index (χ1) is 24.7. The summed E-state index contributed by atoms with van der Waals surface area (Å²) >= 11 is 0. The maximum Gasteiger partial charge on any atom is 0.0995 e. The lowest BCUT2D eigenvalue weighted by Crippen LogP contribution is -2.05. The SMILES string of the molecule is N#CC1=CCCc2c1c1cc(C#N)ccc1n2-c1cccc(-c2ccccc2-c2cc(C#N)ccc2-n2c3ccccc3c3ccccc32)c1. The van der Waals surface area contributed by atoms with Gasteiger partial charge < -0.3 is 9.13 Å². The summed E-state index contributed by atoms with van der Waals surface area (Å²) in [4.78, 5) is 0. The van der Waals surface area contributed by atoms with E-state index in [1.807, 2.05) is 36.4 Å². The fourth-order valence-corrected chi connectivity index (χ4v) is 7.78. The number of fused-ring (bicyclic) bond motifs is 6. The fraction of sp³-hybridized carbons (Fsp3) is 0.0444. The molecule has 0 saturated carbocycles. The van der Waals surface area contributed by atoms with Crippen LogP contribution in [0, 0.1) is 34.0 Å². The molecule has 0 aliphatic heterocycles. The molecule has 0 amide bonds. The molecule has 9 rings (SSSR count). The Morgan fingerprint density at radius 3 is 1.90 bits per heavy atom. The smallest absolute Gasteiger partial charge is 0.0995 e. The quantitative estimate of drug-likeness (QED) is 0.193. The highest BCUT2D eigenvalue weighted by molar-refractivity contribution is 6.10. The summed E-state index contributed by atoms with van der Waals surface area (Å²) in [7, 11) is 0. The first-order valence-corrected chi connectivity index (χ1v) is 16.6. The third kappa shape index (κ3) is 4.37. The standard InChI is InChI=1S/C45H27N5/c46-26-29-19-21-42(50-40-16-5-3-14-36(40)37-15-4-6-17-41(37)50)38(23-29)35-13-2-1-12-34(35)31-9-7-11-33(25-31)49-43-22-20-30(27-47)24-39(43)45-32(28-48)10-8-18-44(45)49/h1-7,9-17,19-25H,8,18H2. The average molecular weight is 638 g/mol. The van der Waals surface area contributed by atoms with Crippen molar-refractivity contribution in [3.63, 3.8) is 0 Å². The molecule has 1 aliphatic rings. The maximum absolute atomic E-state index is 10.1. The predicted molar refractivity (Wildman–Crippen MR) is 200 cm³/mol. The highest BCUT2D eigenvalue weighted by Gasteiger charge is 2.24. The lowest BCUT2D eigenvalue weighted by atomic mass is 9.92. The minimum absolute atomic E-state index is 0.571. The van der Waals surface area contributed by atoms with E-state index in [4.69, 9.17) is 0 Å².